The van der Waals surface area contributed by atoms with Crippen molar-refractivity contribution >= 4 is 11.8 Å². The van der Waals surface area contributed by atoms with Crippen LogP contribution in [0.15, 0.2) is 60.4 Å². The highest BCUT2D eigenvalue weighted by Gasteiger charge is 2.29. The number of esters is 1. The van der Waals surface area contributed by atoms with E-state index in [1.54, 1.807) is 48.5 Å². The summed E-state index contributed by atoms with van der Waals surface area (Å²) in [5.41, 5.74) is 1.46. The number of para-hydroxylation sites is 1. The van der Waals surface area contributed by atoms with Crippen LogP contribution >= 0.6 is 0 Å². The fourth-order valence-electron chi connectivity index (χ4n) is 3.65. The number of ketones is 1. The molecule has 1 aromatic heterocycles. The Morgan fingerprint density at radius 2 is 1.79 bits per heavy atom. The number of hydrogen-bond acceptors (Lipinski definition) is 8. The monoisotopic (exact) mass is 445 g/mol. The second-order valence-electron chi connectivity index (χ2n) is 7.46. The van der Waals surface area contributed by atoms with Crippen molar-refractivity contribution in [3.8, 4) is 28.5 Å². The van der Waals surface area contributed by atoms with Gasteiger partial charge in [-0.25, -0.2) is 19.7 Å². The van der Waals surface area contributed by atoms with Crippen LogP contribution in [0.3, 0.4) is 0 Å². The Hall–Kier alpha value is -4.07. The van der Waals surface area contributed by atoms with Crippen molar-refractivity contribution in [3.63, 3.8) is 0 Å². The predicted octanol–water partition coefficient (Wildman–Crippen LogP) is 4.06. The van der Waals surface area contributed by atoms with Gasteiger partial charge in [0.15, 0.2) is 17.4 Å². The fraction of sp³-hybridized carbons (Fsp3) is 0.240. The summed E-state index contributed by atoms with van der Waals surface area (Å²) in [5.74, 6) is 0.479. The summed E-state index contributed by atoms with van der Waals surface area (Å²) >= 11 is 0. The number of rotatable bonds is 6. The van der Waals surface area contributed by atoms with Crippen molar-refractivity contribution in [2.24, 2.45) is 0 Å². The number of ether oxygens (including phenoxy) is 2. The van der Waals surface area contributed by atoms with E-state index in [4.69, 9.17) is 9.47 Å². The van der Waals surface area contributed by atoms with Gasteiger partial charge in [0.2, 0.25) is 0 Å². The molecule has 0 spiro atoms. The number of carbonyl (C=O) groups excluding carboxylic acids is 2. The maximum absolute atomic E-state index is 12.8. The van der Waals surface area contributed by atoms with Crippen LogP contribution < -0.4 is 0 Å². The number of benzene rings is 2. The molecule has 4 rings (SSSR count). The second kappa shape index (κ2) is 9.60. The first-order chi connectivity index (χ1) is 16.0. The van der Waals surface area contributed by atoms with Crippen molar-refractivity contribution in [1.29, 1.82) is 0 Å². The summed E-state index contributed by atoms with van der Waals surface area (Å²) in [4.78, 5) is 38.3. The highest BCUT2D eigenvalue weighted by molar-refractivity contribution is 5.96. The standard InChI is InChI=1S/C25H23N3O5/c1-3-33-17-12-13-19(21(30)14-17)24-27-22(15-8-10-16(11-9-15)25(31)32-2)26-23(28-24)18-6-4-5-7-20(18)29/h4-11,14,19,29H,3,12-13H2,1-2H3. The highest BCUT2D eigenvalue weighted by Crippen LogP contribution is 2.32. The van der Waals surface area contributed by atoms with Crippen LogP contribution in [0.2, 0.25) is 0 Å². The smallest absolute Gasteiger partial charge is 0.337 e. The summed E-state index contributed by atoms with van der Waals surface area (Å²) in [5, 5.41) is 10.4. The van der Waals surface area contributed by atoms with Crippen LogP contribution in [-0.4, -0.2) is 45.5 Å². The lowest BCUT2D eigenvalue weighted by molar-refractivity contribution is -0.117. The van der Waals surface area contributed by atoms with Gasteiger partial charge in [-0.2, -0.15) is 0 Å². The molecule has 2 aromatic carbocycles. The molecule has 1 aliphatic rings. The van der Waals surface area contributed by atoms with E-state index in [2.05, 4.69) is 15.0 Å². The molecule has 33 heavy (non-hydrogen) atoms. The number of methoxy groups -OCH3 is 1. The number of carbonyl (C=O) groups is 2. The van der Waals surface area contributed by atoms with E-state index in [0.717, 1.165) is 0 Å². The molecule has 1 atom stereocenters. The van der Waals surface area contributed by atoms with Crippen molar-refractivity contribution in [2.75, 3.05) is 13.7 Å². The zero-order valence-corrected chi connectivity index (χ0v) is 18.3. The molecule has 0 saturated carbocycles. The van der Waals surface area contributed by atoms with E-state index in [-0.39, 0.29) is 17.4 Å². The van der Waals surface area contributed by atoms with E-state index in [1.165, 1.54) is 13.2 Å². The Balaban J connectivity index is 1.79. The third kappa shape index (κ3) is 4.74. The van der Waals surface area contributed by atoms with Crippen molar-refractivity contribution in [2.45, 2.75) is 25.7 Å². The molecule has 3 aromatic rings. The Morgan fingerprint density at radius 1 is 1.06 bits per heavy atom. The number of allylic oxidation sites excluding steroid dienone is 2. The van der Waals surface area contributed by atoms with Gasteiger partial charge in [-0.05, 0) is 37.6 Å². The molecule has 1 unspecified atom stereocenters. The van der Waals surface area contributed by atoms with Crippen LogP contribution in [0, 0.1) is 0 Å². The molecule has 1 heterocycles. The van der Waals surface area contributed by atoms with Gasteiger partial charge < -0.3 is 14.6 Å². The minimum Gasteiger partial charge on any atom is -0.507 e. The third-order valence-corrected chi connectivity index (χ3v) is 5.33. The van der Waals surface area contributed by atoms with Crippen LogP contribution in [0.5, 0.6) is 5.75 Å². The van der Waals surface area contributed by atoms with Gasteiger partial charge in [-0.15, -0.1) is 0 Å². The number of hydrogen-bond donors (Lipinski definition) is 1. The van der Waals surface area contributed by atoms with Gasteiger partial charge in [-0.3, -0.25) is 4.79 Å². The van der Waals surface area contributed by atoms with Gasteiger partial charge in [0.25, 0.3) is 0 Å². The van der Waals surface area contributed by atoms with Crippen LogP contribution in [0.4, 0.5) is 0 Å². The quantitative estimate of drug-likeness (QED) is 0.565. The molecule has 1 aliphatic carbocycles. The Kier molecular flexibility index (Phi) is 6.44. The third-order valence-electron chi connectivity index (χ3n) is 5.33. The minimum atomic E-state index is -0.546. The van der Waals surface area contributed by atoms with Crippen molar-refractivity contribution < 1.29 is 24.2 Å². The minimum absolute atomic E-state index is 0.0233. The highest BCUT2D eigenvalue weighted by atomic mass is 16.5. The van der Waals surface area contributed by atoms with Gasteiger partial charge >= 0.3 is 5.97 Å². The Labute approximate surface area is 191 Å². The number of nitrogens with zero attached hydrogens (tertiary/aromatic N) is 3. The zero-order valence-electron chi connectivity index (χ0n) is 18.3. The summed E-state index contributed by atoms with van der Waals surface area (Å²) in [7, 11) is 1.32. The molecule has 0 bridgehead atoms. The number of aromatic nitrogens is 3. The summed E-state index contributed by atoms with van der Waals surface area (Å²) in [6.45, 7) is 2.37. The average Bonchev–Trinajstić information content (AvgIpc) is 2.84. The van der Waals surface area contributed by atoms with E-state index in [9.17, 15) is 14.7 Å². The topological polar surface area (TPSA) is 112 Å². The van der Waals surface area contributed by atoms with Gasteiger partial charge in [-0.1, -0.05) is 24.3 Å². The molecule has 0 fully saturated rings. The Bertz CT molecular complexity index is 1220. The maximum Gasteiger partial charge on any atom is 0.337 e. The number of phenolic OH excluding ortho intramolecular Hbond substituents is 1. The number of phenols is 1. The van der Waals surface area contributed by atoms with E-state index in [0.29, 0.717) is 53.5 Å². The molecule has 168 valence electrons. The normalized spacial score (nSPS) is 15.6. The molecule has 8 heteroatoms. The lowest BCUT2D eigenvalue weighted by atomic mass is 9.91. The molecule has 0 saturated heterocycles. The molecule has 0 aliphatic heterocycles. The maximum atomic E-state index is 12.8. The van der Waals surface area contributed by atoms with Crippen LogP contribution in [0.25, 0.3) is 22.8 Å². The summed E-state index contributed by atoms with van der Waals surface area (Å²) in [6.07, 6.45) is 2.62. The first kappa shape index (κ1) is 22.1. The molecule has 0 amide bonds. The summed E-state index contributed by atoms with van der Waals surface area (Å²) < 4.78 is 10.2. The average molecular weight is 445 g/mol. The molecule has 0 radical (unpaired) electrons. The Morgan fingerprint density at radius 3 is 2.45 bits per heavy atom. The largest absolute Gasteiger partial charge is 0.507 e. The molecular weight excluding hydrogens is 422 g/mol. The van der Waals surface area contributed by atoms with E-state index in [1.807, 2.05) is 6.92 Å². The first-order valence-corrected chi connectivity index (χ1v) is 10.6. The van der Waals surface area contributed by atoms with Crippen LogP contribution in [-0.2, 0) is 14.3 Å². The van der Waals surface area contributed by atoms with Gasteiger partial charge in [0.1, 0.15) is 11.6 Å². The second-order valence-corrected chi connectivity index (χ2v) is 7.46. The van der Waals surface area contributed by atoms with Crippen molar-refractivity contribution in [3.05, 3.63) is 71.8 Å². The zero-order chi connectivity index (χ0) is 23.4. The first-order valence-electron chi connectivity index (χ1n) is 10.6. The molecule has 8 nitrogen and oxygen atoms in total. The lowest BCUT2D eigenvalue weighted by Crippen LogP contribution is -2.20. The van der Waals surface area contributed by atoms with E-state index < -0.39 is 11.9 Å². The molecular formula is C25H23N3O5. The lowest BCUT2D eigenvalue weighted by Gasteiger charge is -2.20. The van der Waals surface area contributed by atoms with Gasteiger partial charge in [0, 0.05) is 18.1 Å². The van der Waals surface area contributed by atoms with Crippen LogP contribution in [0.1, 0.15) is 41.9 Å². The van der Waals surface area contributed by atoms with Gasteiger partial charge in [0.05, 0.1) is 36.5 Å². The van der Waals surface area contributed by atoms with Crippen molar-refractivity contribution in [1.82, 2.24) is 15.0 Å². The number of aromatic hydroxyl groups is 1. The fourth-order valence-corrected chi connectivity index (χ4v) is 3.65. The predicted molar refractivity (Wildman–Crippen MR) is 120 cm³/mol. The van der Waals surface area contributed by atoms with E-state index >= 15 is 0 Å². The molecule has 1 N–H and O–H groups in total. The SMILES string of the molecule is CCOC1=CC(=O)C(c2nc(-c3ccc(C(=O)OC)cc3)nc(-c3ccccc3O)n2)CC1. The summed E-state index contributed by atoms with van der Waals surface area (Å²) in [6, 6.07) is 13.4.